The van der Waals surface area contributed by atoms with E-state index in [2.05, 4.69) is 25.3 Å². The van der Waals surface area contributed by atoms with Crippen LogP contribution in [0.2, 0.25) is 0 Å². The molecule has 0 aliphatic carbocycles. The van der Waals surface area contributed by atoms with E-state index < -0.39 is 6.17 Å². The summed E-state index contributed by atoms with van der Waals surface area (Å²) in [5.41, 5.74) is 7.45. The molecule has 0 saturated carbocycles. The van der Waals surface area contributed by atoms with E-state index in [-0.39, 0.29) is 5.69 Å². The minimum atomic E-state index is -0.549. The van der Waals surface area contributed by atoms with E-state index in [1.165, 1.54) is 0 Å². The molecule has 0 spiro atoms. The predicted molar refractivity (Wildman–Crippen MR) is 85.4 cm³/mol. The summed E-state index contributed by atoms with van der Waals surface area (Å²) in [6.45, 7) is 0.424. The number of fused-ring (bicyclic) bond motifs is 1. The number of aliphatic imine (C=N–C) groups is 1. The molecule has 0 saturated heterocycles. The molecule has 116 valence electrons. The molecule has 1 aliphatic heterocycles. The van der Waals surface area contributed by atoms with E-state index in [4.69, 9.17) is 5.73 Å². The summed E-state index contributed by atoms with van der Waals surface area (Å²) in [6.07, 6.45) is 2.79. The fraction of sp³-hybridized carbons (Fsp3) is 0.133. The van der Waals surface area contributed by atoms with Gasteiger partial charge in [-0.2, -0.15) is 0 Å². The average Bonchev–Trinajstić information content (AvgIpc) is 3.19. The van der Waals surface area contributed by atoms with Crippen molar-refractivity contribution in [3.63, 3.8) is 0 Å². The van der Waals surface area contributed by atoms with Crippen LogP contribution in [0.3, 0.4) is 0 Å². The molecule has 0 bridgehead atoms. The van der Waals surface area contributed by atoms with Crippen molar-refractivity contribution in [2.75, 3.05) is 0 Å². The van der Waals surface area contributed by atoms with Crippen molar-refractivity contribution >= 4 is 11.7 Å². The largest absolute Gasteiger partial charge is 0.346 e. The van der Waals surface area contributed by atoms with Gasteiger partial charge in [0, 0.05) is 12.4 Å². The summed E-state index contributed by atoms with van der Waals surface area (Å²) in [6, 6.07) is 9.73. The van der Waals surface area contributed by atoms with Gasteiger partial charge < -0.3 is 21.0 Å². The molecule has 2 aromatic heterocycles. The molecule has 23 heavy (non-hydrogen) atoms. The first-order chi connectivity index (χ1) is 11.2. The minimum absolute atomic E-state index is 0.236. The van der Waals surface area contributed by atoms with Crippen LogP contribution in [0, 0.1) is 0 Å². The van der Waals surface area contributed by atoms with Crippen molar-refractivity contribution in [3.05, 3.63) is 70.3 Å². The second-order valence-electron chi connectivity index (χ2n) is 5.26. The summed E-state index contributed by atoms with van der Waals surface area (Å²) in [5, 5.41) is 3.03. The molecule has 1 atom stereocenters. The minimum Gasteiger partial charge on any atom is -0.346 e. The molecule has 1 aromatic carbocycles. The third-order valence-corrected chi connectivity index (χ3v) is 3.71. The monoisotopic (exact) mass is 309 g/mol. The molecule has 0 amide bonds. The number of benzene rings is 1. The maximum atomic E-state index is 12.3. The summed E-state index contributed by atoms with van der Waals surface area (Å²) >= 11 is 0. The van der Waals surface area contributed by atoms with Crippen LogP contribution < -0.4 is 16.7 Å². The molecule has 1 aliphatic rings. The van der Waals surface area contributed by atoms with Crippen LogP contribution in [-0.4, -0.2) is 25.4 Å². The van der Waals surface area contributed by atoms with Crippen LogP contribution in [0.25, 0.3) is 0 Å². The Morgan fingerprint density at radius 2 is 2.09 bits per heavy atom. The van der Waals surface area contributed by atoms with Gasteiger partial charge in [0.15, 0.2) is 17.5 Å². The lowest BCUT2D eigenvalue weighted by atomic mass is 10.2. The lowest BCUT2D eigenvalue weighted by Crippen LogP contribution is -2.38. The number of H-pyrrole nitrogens is 2. The lowest BCUT2D eigenvalue weighted by Gasteiger charge is -2.20. The third kappa shape index (κ3) is 2.34. The Kier molecular flexibility index (Phi) is 3.09. The van der Waals surface area contributed by atoms with E-state index in [0.717, 1.165) is 5.56 Å². The van der Waals surface area contributed by atoms with E-state index in [1.807, 2.05) is 30.3 Å². The number of hydrogen-bond donors (Lipinski definition) is 4. The maximum Gasteiger partial charge on any atom is 0.327 e. The van der Waals surface area contributed by atoms with Gasteiger partial charge in [0.25, 0.3) is 0 Å². The number of nitrogens with zero attached hydrogens (tertiary/aromatic N) is 3. The van der Waals surface area contributed by atoms with Crippen molar-refractivity contribution in [1.82, 2.24) is 24.8 Å². The Morgan fingerprint density at radius 1 is 1.26 bits per heavy atom. The van der Waals surface area contributed by atoms with Gasteiger partial charge in [-0.1, -0.05) is 30.3 Å². The number of imidazole rings is 2. The molecule has 8 nitrogen and oxygen atoms in total. The van der Waals surface area contributed by atoms with E-state index in [0.29, 0.717) is 29.7 Å². The second kappa shape index (κ2) is 5.25. The summed E-state index contributed by atoms with van der Waals surface area (Å²) in [4.78, 5) is 26.7. The highest BCUT2D eigenvalue weighted by Gasteiger charge is 2.26. The van der Waals surface area contributed by atoms with Crippen LogP contribution >= 0.6 is 0 Å². The van der Waals surface area contributed by atoms with Crippen molar-refractivity contribution in [2.45, 2.75) is 12.7 Å². The molecule has 3 aromatic rings. The van der Waals surface area contributed by atoms with Gasteiger partial charge in [-0.3, -0.25) is 4.57 Å². The van der Waals surface area contributed by atoms with Crippen molar-refractivity contribution in [3.8, 4) is 0 Å². The topological polar surface area (TPSA) is 117 Å². The summed E-state index contributed by atoms with van der Waals surface area (Å²) in [5.74, 6) is 1.61. The zero-order valence-electron chi connectivity index (χ0n) is 12.2. The Morgan fingerprint density at radius 3 is 2.83 bits per heavy atom. The first kappa shape index (κ1) is 13.5. The first-order valence-electron chi connectivity index (χ1n) is 7.19. The average molecular weight is 309 g/mol. The number of aromatic nitrogens is 4. The Hall–Kier alpha value is -3.13. The summed E-state index contributed by atoms with van der Waals surface area (Å²) in [7, 11) is 0. The van der Waals surface area contributed by atoms with Crippen LogP contribution in [0.1, 0.15) is 23.2 Å². The highest BCUT2D eigenvalue weighted by atomic mass is 16.1. The lowest BCUT2D eigenvalue weighted by molar-refractivity contribution is 0.647. The van der Waals surface area contributed by atoms with E-state index >= 15 is 0 Å². The summed E-state index contributed by atoms with van der Waals surface area (Å²) < 4.78 is 1.58. The Labute approximate surface area is 131 Å². The molecular formula is C15H15N7O. The SMILES string of the molecule is NC1NC(c2ncc[nH]2)=Nc2c1[nH]c(=O)n2Cc1ccccc1. The van der Waals surface area contributed by atoms with Gasteiger partial charge in [0.2, 0.25) is 0 Å². The molecule has 0 fully saturated rings. The van der Waals surface area contributed by atoms with Crippen LogP contribution in [0.15, 0.2) is 52.5 Å². The molecular weight excluding hydrogens is 294 g/mol. The normalized spacial score (nSPS) is 16.6. The van der Waals surface area contributed by atoms with Gasteiger partial charge >= 0.3 is 5.69 Å². The van der Waals surface area contributed by atoms with Crippen molar-refractivity contribution in [1.29, 1.82) is 0 Å². The Bertz CT molecular complexity index is 905. The van der Waals surface area contributed by atoms with Gasteiger partial charge in [-0.15, -0.1) is 0 Å². The zero-order valence-corrected chi connectivity index (χ0v) is 12.2. The van der Waals surface area contributed by atoms with Gasteiger partial charge in [0.1, 0.15) is 11.9 Å². The molecule has 0 radical (unpaired) electrons. The molecule has 4 rings (SSSR count). The number of amidine groups is 1. The van der Waals surface area contributed by atoms with Gasteiger partial charge in [0.05, 0.1) is 6.54 Å². The number of aromatic amines is 2. The van der Waals surface area contributed by atoms with Gasteiger partial charge in [-0.05, 0) is 5.56 Å². The second-order valence-corrected chi connectivity index (χ2v) is 5.26. The Balaban J connectivity index is 1.80. The number of rotatable bonds is 3. The van der Waals surface area contributed by atoms with Crippen molar-refractivity contribution in [2.24, 2.45) is 10.7 Å². The number of nitrogens with two attached hydrogens (primary N) is 1. The molecule has 3 heterocycles. The molecule has 8 heteroatoms. The van der Waals surface area contributed by atoms with E-state index in [1.54, 1.807) is 17.0 Å². The quantitative estimate of drug-likeness (QED) is 0.566. The van der Waals surface area contributed by atoms with Crippen LogP contribution in [-0.2, 0) is 6.54 Å². The molecule has 1 unspecified atom stereocenters. The highest BCUT2D eigenvalue weighted by molar-refractivity contribution is 5.98. The number of hydrogen-bond acceptors (Lipinski definition) is 5. The molecule has 5 N–H and O–H groups in total. The zero-order chi connectivity index (χ0) is 15.8. The smallest absolute Gasteiger partial charge is 0.327 e. The fourth-order valence-corrected chi connectivity index (χ4v) is 2.60. The van der Waals surface area contributed by atoms with Crippen LogP contribution in [0.5, 0.6) is 0 Å². The van der Waals surface area contributed by atoms with Crippen molar-refractivity contribution < 1.29 is 0 Å². The third-order valence-electron chi connectivity index (χ3n) is 3.71. The number of nitrogens with one attached hydrogen (secondary N) is 3. The first-order valence-corrected chi connectivity index (χ1v) is 7.19. The fourth-order valence-electron chi connectivity index (χ4n) is 2.60. The standard InChI is InChI=1S/C15H15N7O/c16-11-10-14(21-13(20-11)12-17-6-7-18-12)22(15(23)19-10)8-9-4-2-1-3-5-9/h1-7,11H,8,16H2,(H,17,18)(H,19,23)(H,20,21). The highest BCUT2D eigenvalue weighted by Crippen LogP contribution is 2.25. The van der Waals surface area contributed by atoms with E-state index in [9.17, 15) is 4.79 Å². The maximum absolute atomic E-state index is 12.3. The predicted octanol–water partition coefficient (Wildman–Crippen LogP) is 0.587. The van der Waals surface area contributed by atoms with Gasteiger partial charge in [-0.25, -0.2) is 14.8 Å². The van der Waals surface area contributed by atoms with Crippen LogP contribution in [0.4, 0.5) is 5.82 Å².